The lowest BCUT2D eigenvalue weighted by Gasteiger charge is -2.34. The highest BCUT2D eigenvalue weighted by atomic mass is 16.2. The Labute approximate surface area is 105 Å². The van der Waals surface area contributed by atoms with Crippen molar-refractivity contribution in [2.45, 2.75) is 65.5 Å². The molecule has 2 aliphatic rings. The SMILES string of the molecule is CCC(C)C1NCN(C2CCCC2(C)C)C1=O. The van der Waals surface area contributed by atoms with Gasteiger partial charge in [-0.05, 0) is 24.2 Å². The maximum Gasteiger partial charge on any atom is 0.241 e. The van der Waals surface area contributed by atoms with Crippen molar-refractivity contribution in [3.8, 4) is 0 Å². The molecular weight excluding hydrogens is 212 g/mol. The summed E-state index contributed by atoms with van der Waals surface area (Å²) in [6, 6.07) is 0.493. The molecule has 0 aromatic carbocycles. The third kappa shape index (κ3) is 2.22. The fourth-order valence-electron chi connectivity index (χ4n) is 3.37. The number of amides is 1. The van der Waals surface area contributed by atoms with Crippen molar-refractivity contribution in [1.82, 2.24) is 10.2 Å². The van der Waals surface area contributed by atoms with Crippen LogP contribution in [0.15, 0.2) is 0 Å². The van der Waals surface area contributed by atoms with Crippen LogP contribution < -0.4 is 5.32 Å². The maximum absolute atomic E-state index is 12.4. The highest BCUT2D eigenvalue weighted by Crippen LogP contribution is 2.41. The van der Waals surface area contributed by atoms with E-state index in [1.807, 2.05) is 0 Å². The number of carbonyl (C=O) groups excluding carboxylic acids is 1. The van der Waals surface area contributed by atoms with Crippen LogP contribution in [0.3, 0.4) is 0 Å². The predicted octanol–water partition coefficient (Wildman–Crippen LogP) is 2.37. The number of nitrogens with one attached hydrogen (secondary N) is 1. The summed E-state index contributed by atoms with van der Waals surface area (Å²) in [7, 11) is 0. The molecule has 17 heavy (non-hydrogen) atoms. The fourth-order valence-corrected chi connectivity index (χ4v) is 3.37. The average molecular weight is 238 g/mol. The Bertz CT molecular complexity index is 301. The van der Waals surface area contributed by atoms with Crippen LogP contribution in [0.5, 0.6) is 0 Å². The average Bonchev–Trinajstić information content (AvgIpc) is 2.80. The Morgan fingerprint density at radius 1 is 1.53 bits per heavy atom. The van der Waals surface area contributed by atoms with Crippen LogP contribution in [0.4, 0.5) is 0 Å². The third-order valence-corrected chi connectivity index (χ3v) is 4.82. The molecule has 1 saturated heterocycles. The molecule has 3 atom stereocenters. The topological polar surface area (TPSA) is 32.3 Å². The van der Waals surface area contributed by atoms with Gasteiger partial charge in [0.25, 0.3) is 0 Å². The van der Waals surface area contributed by atoms with Crippen LogP contribution in [-0.4, -0.2) is 29.6 Å². The Morgan fingerprint density at radius 2 is 2.24 bits per heavy atom. The number of rotatable bonds is 3. The molecule has 0 radical (unpaired) electrons. The van der Waals surface area contributed by atoms with Crippen molar-refractivity contribution >= 4 is 5.91 Å². The highest BCUT2D eigenvalue weighted by Gasteiger charge is 2.45. The zero-order chi connectivity index (χ0) is 12.6. The summed E-state index contributed by atoms with van der Waals surface area (Å²) >= 11 is 0. The summed E-state index contributed by atoms with van der Waals surface area (Å²) in [4.78, 5) is 14.5. The minimum atomic E-state index is 0.0522. The fraction of sp³-hybridized carbons (Fsp3) is 0.929. The molecule has 1 amide bonds. The van der Waals surface area contributed by atoms with Gasteiger partial charge in [0.1, 0.15) is 0 Å². The molecule has 1 aliphatic carbocycles. The lowest BCUT2D eigenvalue weighted by molar-refractivity contribution is -0.133. The van der Waals surface area contributed by atoms with Crippen molar-refractivity contribution in [2.24, 2.45) is 11.3 Å². The van der Waals surface area contributed by atoms with Crippen LogP contribution in [0.2, 0.25) is 0 Å². The van der Waals surface area contributed by atoms with E-state index in [1.54, 1.807) is 0 Å². The minimum absolute atomic E-state index is 0.0522. The smallest absolute Gasteiger partial charge is 0.241 e. The molecule has 3 unspecified atom stereocenters. The Kier molecular flexibility index (Phi) is 3.48. The molecule has 0 aromatic heterocycles. The van der Waals surface area contributed by atoms with Gasteiger partial charge in [-0.2, -0.15) is 0 Å². The second-order valence-electron chi connectivity index (χ2n) is 6.43. The van der Waals surface area contributed by atoms with Gasteiger partial charge in [-0.3, -0.25) is 10.1 Å². The lowest BCUT2D eigenvalue weighted by atomic mass is 9.86. The maximum atomic E-state index is 12.4. The van der Waals surface area contributed by atoms with E-state index in [1.165, 1.54) is 19.3 Å². The minimum Gasteiger partial charge on any atom is -0.325 e. The van der Waals surface area contributed by atoms with E-state index >= 15 is 0 Å². The summed E-state index contributed by atoms with van der Waals surface area (Å²) < 4.78 is 0. The first-order chi connectivity index (χ1) is 7.97. The molecule has 0 spiro atoms. The van der Waals surface area contributed by atoms with Crippen molar-refractivity contribution in [2.75, 3.05) is 6.67 Å². The van der Waals surface area contributed by atoms with E-state index in [0.717, 1.165) is 13.1 Å². The molecule has 1 aliphatic heterocycles. The molecule has 2 rings (SSSR count). The standard InChI is InChI=1S/C14H26N2O/c1-5-10(2)12-13(17)16(9-15-12)11-7-6-8-14(11,3)4/h10-12,15H,5-9H2,1-4H3. The van der Waals surface area contributed by atoms with Gasteiger partial charge < -0.3 is 4.90 Å². The van der Waals surface area contributed by atoms with E-state index in [0.29, 0.717) is 23.3 Å². The van der Waals surface area contributed by atoms with E-state index < -0.39 is 0 Å². The molecule has 2 fully saturated rings. The summed E-state index contributed by atoms with van der Waals surface area (Å²) in [5, 5.41) is 3.40. The van der Waals surface area contributed by atoms with Gasteiger partial charge >= 0.3 is 0 Å². The van der Waals surface area contributed by atoms with Crippen LogP contribution in [-0.2, 0) is 4.79 Å². The predicted molar refractivity (Wildman–Crippen MR) is 69.5 cm³/mol. The van der Waals surface area contributed by atoms with E-state index in [-0.39, 0.29) is 6.04 Å². The van der Waals surface area contributed by atoms with E-state index in [2.05, 4.69) is 37.9 Å². The lowest BCUT2D eigenvalue weighted by Crippen LogP contribution is -2.45. The molecular formula is C14H26N2O. The van der Waals surface area contributed by atoms with Gasteiger partial charge in [0.2, 0.25) is 5.91 Å². The second kappa shape index (κ2) is 4.60. The molecule has 1 N–H and O–H groups in total. The summed E-state index contributed by atoms with van der Waals surface area (Å²) in [6.07, 6.45) is 4.74. The number of carbonyl (C=O) groups is 1. The quantitative estimate of drug-likeness (QED) is 0.818. The molecule has 98 valence electrons. The van der Waals surface area contributed by atoms with Crippen molar-refractivity contribution in [1.29, 1.82) is 0 Å². The summed E-state index contributed by atoms with van der Waals surface area (Å²) in [5.74, 6) is 0.774. The van der Waals surface area contributed by atoms with Crippen molar-refractivity contribution in [3.63, 3.8) is 0 Å². The first-order valence-corrected chi connectivity index (χ1v) is 7.01. The van der Waals surface area contributed by atoms with Crippen LogP contribution in [0.1, 0.15) is 53.4 Å². The Hall–Kier alpha value is -0.570. The van der Waals surface area contributed by atoms with Gasteiger partial charge in [0, 0.05) is 6.04 Å². The molecule has 0 aromatic rings. The Balaban J connectivity index is 2.07. The third-order valence-electron chi connectivity index (χ3n) is 4.82. The van der Waals surface area contributed by atoms with Gasteiger partial charge in [0.15, 0.2) is 0 Å². The summed E-state index contributed by atoms with van der Waals surface area (Å²) in [6.45, 7) is 9.67. The first-order valence-electron chi connectivity index (χ1n) is 7.01. The van der Waals surface area contributed by atoms with E-state index in [4.69, 9.17) is 0 Å². The van der Waals surface area contributed by atoms with Crippen LogP contribution in [0, 0.1) is 11.3 Å². The number of nitrogens with zero attached hydrogens (tertiary/aromatic N) is 1. The van der Waals surface area contributed by atoms with Crippen LogP contribution >= 0.6 is 0 Å². The molecule has 0 bridgehead atoms. The van der Waals surface area contributed by atoms with Crippen LogP contribution in [0.25, 0.3) is 0 Å². The van der Waals surface area contributed by atoms with Gasteiger partial charge in [0.05, 0.1) is 12.7 Å². The largest absolute Gasteiger partial charge is 0.325 e. The summed E-state index contributed by atoms with van der Waals surface area (Å²) in [5.41, 5.74) is 0.293. The number of hydrogen-bond donors (Lipinski definition) is 1. The Morgan fingerprint density at radius 3 is 2.76 bits per heavy atom. The normalized spacial score (nSPS) is 34.4. The van der Waals surface area contributed by atoms with Gasteiger partial charge in [-0.25, -0.2) is 0 Å². The monoisotopic (exact) mass is 238 g/mol. The first kappa shape index (κ1) is 12.9. The zero-order valence-electron chi connectivity index (χ0n) is 11.6. The number of hydrogen-bond acceptors (Lipinski definition) is 2. The van der Waals surface area contributed by atoms with E-state index in [9.17, 15) is 4.79 Å². The highest BCUT2D eigenvalue weighted by molar-refractivity contribution is 5.84. The van der Waals surface area contributed by atoms with Crippen molar-refractivity contribution < 1.29 is 4.79 Å². The molecule has 3 nitrogen and oxygen atoms in total. The molecule has 1 saturated carbocycles. The van der Waals surface area contributed by atoms with Gasteiger partial charge in [-0.1, -0.05) is 40.5 Å². The molecule has 3 heteroatoms. The zero-order valence-corrected chi connectivity index (χ0v) is 11.6. The molecule has 1 heterocycles. The van der Waals surface area contributed by atoms with Gasteiger partial charge in [-0.15, -0.1) is 0 Å². The second-order valence-corrected chi connectivity index (χ2v) is 6.43. The van der Waals surface area contributed by atoms with Crippen molar-refractivity contribution in [3.05, 3.63) is 0 Å².